The van der Waals surface area contributed by atoms with Crippen molar-refractivity contribution in [1.82, 2.24) is 4.98 Å². The maximum Gasteiger partial charge on any atom is 0.0460 e. The van der Waals surface area contributed by atoms with E-state index in [0.717, 1.165) is 17.0 Å². The zero-order chi connectivity index (χ0) is 17.1. The van der Waals surface area contributed by atoms with Crippen LogP contribution >= 0.6 is 11.6 Å². The van der Waals surface area contributed by atoms with Crippen molar-refractivity contribution in [1.29, 1.82) is 0 Å². The summed E-state index contributed by atoms with van der Waals surface area (Å²) in [7, 11) is 0. The van der Waals surface area contributed by atoms with E-state index in [2.05, 4.69) is 61.8 Å². The lowest BCUT2D eigenvalue weighted by Gasteiger charge is -2.14. The molecular weight excluding hydrogens is 314 g/mol. The number of benzene rings is 2. The Kier molecular flexibility index (Phi) is 5.11. The molecule has 1 nitrogen and oxygen atoms in total. The molecule has 3 rings (SSSR count). The fourth-order valence-electron chi connectivity index (χ4n) is 3.32. The lowest BCUT2D eigenvalue weighted by atomic mass is 9.92. The van der Waals surface area contributed by atoms with Gasteiger partial charge in [0.2, 0.25) is 0 Å². The molecule has 0 amide bonds. The van der Waals surface area contributed by atoms with E-state index in [-0.39, 0.29) is 0 Å². The third-order valence-electron chi connectivity index (χ3n) is 4.79. The number of H-pyrrole nitrogens is 1. The first-order chi connectivity index (χ1) is 11.6. The second kappa shape index (κ2) is 7.27. The van der Waals surface area contributed by atoms with Crippen LogP contribution in [0.2, 0.25) is 5.02 Å². The molecule has 0 fully saturated rings. The molecular formula is C22H24ClN. The Labute approximate surface area is 149 Å². The van der Waals surface area contributed by atoms with Crippen LogP contribution in [0.25, 0.3) is 17.0 Å². The van der Waals surface area contributed by atoms with Gasteiger partial charge in [-0.05, 0) is 47.7 Å². The zero-order valence-corrected chi connectivity index (χ0v) is 15.2. The maximum absolute atomic E-state index is 6.24. The third-order valence-corrected chi connectivity index (χ3v) is 5.02. The van der Waals surface area contributed by atoms with Gasteiger partial charge in [-0.15, -0.1) is 0 Å². The Hall–Kier alpha value is -1.99. The van der Waals surface area contributed by atoms with E-state index in [1.54, 1.807) is 0 Å². The third kappa shape index (κ3) is 3.27. The van der Waals surface area contributed by atoms with Crippen molar-refractivity contribution < 1.29 is 0 Å². The molecule has 0 saturated carbocycles. The number of fused-ring (bicyclic) bond motifs is 1. The zero-order valence-electron chi connectivity index (χ0n) is 14.4. The lowest BCUT2D eigenvalue weighted by molar-refractivity contribution is 0.775. The van der Waals surface area contributed by atoms with Crippen LogP contribution in [0, 0.1) is 0 Å². The molecule has 1 heterocycles. The summed E-state index contributed by atoms with van der Waals surface area (Å²) < 4.78 is 0. The molecule has 0 aliphatic carbocycles. The minimum Gasteiger partial charge on any atom is -0.358 e. The van der Waals surface area contributed by atoms with Gasteiger partial charge in [0.1, 0.15) is 0 Å². The van der Waals surface area contributed by atoms with E-state index < -0.39 is 0 Å². The van der Waals surface area contributed by atoms with Crippen LogP contribution in [0.15, 0.2) is 49.0 Å². The Morgan fingerprint density at radius 2 is 1.92 bits per heavy atom. The van der Waals surface area contributed by atoms with Gasteiger partial charge in [-0.1, -0.05) is 68.8 Å². The topological polar surface area (TPSA) is 15.8 Å². The van der Waals surface area contributed by atoms with E-state index in [9.17, 15) is 0 Å². The minimum atomic E-state index is 0.321. The molecule has 24 heavy (non-hydrogen) atoms. The predicted octanol–water partition coefficient (Wildman–Crippen LogP) is 6.96. The largest absolute Gasteiger partial charge is 0.358 e. The van der Waals surface area contributed by atoms with E-state index in [1.165, 1.54) is 40.6 Å². The van der Waals surface area contributed by atoms with Gasteiger partial charge in [0.25, 0.3) is 0 Å². The highest BCUT2D eigenvalue weighted by molar-refractivity contribution is 6.31. The summed E-state index contributed by atoms with van der Waals surface area (Å²) in [5, 5.41) is 2.06. The average Bonchev–Trinajstić information content (AvgIpc) is 2.97. The minimum absolute atomic E-state index is 0.321. The molecule has 1 atom stereocenters. The molecule has 1 N–H and O–H groups in total. The van der Waals surface area contributed by atoms with Crippen LogP contribution < -0.4 is 0 Å². The van der Waals surface area contributed by atoms with Crippen LogP contribution in [0.1, 0.15) is 55.0 Å². The maximum atomic E-state index is 6.24. The number of unbranched alkanes of at least 4 members (excludes halogenated alkanes) is 1. The van der Waals surface area contributed by atoms with E-state index in [1.807, 2.05) is 12.1 Å². The second-order valence-corrected chi connectivity index (χ2v) is 6.84. The monoisotopic (exact) mass is 337 g/mol. The van der Waals surface area contributed by atoms with Crippen LogP contribution in [-0.4, -0.2) is 4.98 Å². The lowest BCUT2D eigenvalue weighted by Crippen LogP contribution is -2.01. The number of aromatic nitrogens is 1. The quantitative estimate of drug-likeness (QED) is 0.500. The number of rotatable bonds is 6. The first-order valence-electron chi connectivity index (χ1n) is 8.66. The van der Waals surface area contributed by atoms with Crippen LogP contribution in [-0.2, 0) is 6.42 Å². The summed E-state index contributed by atoms with van der Waals surface area (Å²) in [6, 6.07) is 14.8. The standard InChI is InChI=1S/C22H24ClN/c1-4-6-7-19-20-14-18(23)12-13-21(20)24-22(19)15(3)17-10-8-16(5-2)9-11-17/h5,8-15,24H,2,4,6-7H2,1,3H3. The summed E-state index contributed by atoms with van der Waals surface area (Å²) in [5.41, 5.74) is 6.37. The fraction of sp³-hybridized carbons (Fsp3) is 0.273. The number of nitrogens with one attached hydrogen (secondary N) is 1. The van der Waals surface area contributed by atoms with Gasteiger partial charge in [-0.3, -0.25) is 0 Å². The molecule has 0 aliphatic rings. The van der Waals surface area contributed by atoms with Crippen LogP contribution in [0.5, 0.6) is 0 Å². The van der Waals surface area contributed by atoms with Gasteiger partial charge in [-0.25, -0.2) is 0 Å². The number of hydrogen-bond acceptors (Lipinski definition) is 0. The molecule has 0 spiro atoms. The van der Waals surface area contributed by atoms with E-state index in [0.29, 0.717) is 5.92 Å². The Bertz CT molecular complexity index is 842. The molecule has 2 aromatic carbocycles. The van der Waals surface area contributed by atoms with Crippen molar-refractivity contribution in [2.45, 2.75) is 39.0 Å². The number of aromatic amines is 1. The first-order valence-corrected chi connectivity index (χ1v) is 9.04. The Balaban J connectivity index is 2.07. The summed E-state index contributed by atoms with van der Waals surface area (Å²) >= 11 is 6.24. The van der Waals surface area contributed by atoms with E-state index in [4.69, 9.17) is 11.6 Å². The molecule has 0 radical (unpaired) electrons. The summed E-state index contributed by atoms with van der Waals surface area (Å²) in [6.07, 6.45) is 5.34. The van der Waals surface area contributed by atoms with Gasteiger partial charge in [-0.2, -0.15) is 0 Å². The highest BCUT2D eigenvalue weighted by Gasteiger charge is 2.18. The average molecular weight is 338 g/mol. The molecule has 1 unspecified atom stereocenters. The predicted molar refractivity (Wildman–Crippen MR) is 106 cm³/mol. The van der Waals surface area contributed by atoms with Crippen molar-refractivity contribution in [3.05, 3.63) is 76.5 Å². The van der Waals surface area contributed by atoms with Crippen molar-refractivity contribution in [3.8, 4) is 0 Å². The second-order valence-electron chi connectivity index (χ2n) is 6.40. The Morgan fingerprint density at radius 3 is 2.58 bits per heavy atom. The molecule has 1 aromatic heterocycles. The van der Waals surface area contributed by atoms with Gasteiger partial charge < -0.3 is 4.98 Å². The number of aryl methyl sites for hydroxylation is 1. The van der Waals surface area contributed by atoms with Crippen molar-refractivity contribution >= 4 is 28.6 Å². The van der Waals surface area contributed by atoms with Gasteiger partial charge >= 0.3 is 0 Å². The van der Waals surface area contributed by atoms with Gasteiger partial charge in [0.15, 0.2) is 0 Å². The summed E-state index contributed by atoms with van der Waals surface area (Å²) in [6.45, 7) is 8.33. The number of halogens is 1. The molecule has 0 saturated heterocycles. The van der Waals surface area contributed by atoms with Gasteiger partial charge in [0, 0.05) is 27.5 Å². The van der Waals surface area contributed by atoms with E-state index >= 15 is 0 Å². The molecule has 3 aromatic rings. The summed E-state index contributed by atoms with van der Waals surface area (Å²) in [5.74, 6) is 0.321. The molecule has 0 bridgehead atoms. The van der Waals surface area contributed by atoms with Crippen LogP contribution in [0.3, 0.4) is 0 Å². The Morgan fingerprint density at radius 1 is 1.17 bits per heavy atom. The highest BCUT2D eigenvalue weighted by Crippen LogP contribution is 2.34. The normalized spacial score (nSPS) is 12.5. The van der Waals surface area contributed by atoms with Crippen LogP contribution in [0.4, 0.5) is 0 Å². The van der Waals surface area contributed by atoms with Gasteiger partial charge in [0.05, 0.1) is 0 Å². The number of hydrogen-bond donors (Lipinski definition) is 1. The molecule has 124 valence electrons. The smallest absolute Gasteiger partial charge is 0.0460 e. The highest BCUT2D eigenvalue weighted by atomic mass is 35.5. The molecule has 0 aliphatic heterocycles. The van der Waals surface area contributed by atoms with Crippen molar-refractivity contribution in [2.24, 2.45) is 0 Å². The summed E-state index contributed by atoms with van der Waals surface area (Å²) in [4.78, 5) is 3.65. The first kappa shape index (κ1) is 16.9. The fourth-order valence-corrected chi connectivity index (χ4v) is 3.49. The molecule has 2 heteroatoms. The van der Waals surface area contributed by atoms with Crippen molar-refractivity contribution in [2.75, 3.05) is 0 Å². The van der Waals surface area contributed by atoms with Crippen molar-refractivity contribution in [3.63, 3.8) is 0 Å². The SMILES string of the molecule is C=Cc1ccc(C(C)c2[nH]c3ccc(Cl)cc3c2CCCC)cc1.